The first-order chi connectivity index (χ1) is 48.3. The van der Waals surface area contributed by atoms with Gasteiger partial charge in [0.2, 0.25) is 10.0 Å². The maximum atomic E-state index is 11.8. The van der Waals surface area contributed by atoms with Crippen molar-refractivity contribution in [2.24, 2.45) is 0 Å². The SMILES string of the molecule is COC(=O)c1ccc(-c2nc(-c3ccc(C(C)(C)C)cc3)nc(-c3ccc(C)cc3O)n2)cc1.COC(=O)c1ccc(-c2nc(-c3ccc(NS(C)(=O)=O)cc3)nc(-c3ccc(C)cc3O)n2)cc1.COC(=O)c1ccc(-c2nc(-c3cccc(OC)c3)nc(-c3ccc(C)cc3O)n2)cc1. The largest absolute Gasteiger partial charge is 0.507 e. The van der Waals surface area contributed by atoms with E-state index >= 15 is 0 Å². The van der Waals surface area contributed by atoms with E-state index < -0.39 is 27.9 Å². The summed E-state index contributed by atoms with van der Waals surface area (Å²) in [4.78, 5) is 77.0. The molecule has 0 aliphatic heterocycles. The van der Waals surface area contributed by atoms with Crippen LogP contribution in [0.2, 0.25) is 0 Å². The Morgan fingerprint density at radius 2 is 0.653 bits per heavy atom. The Bertz CT molecular complexity index is 5150. The number of benzene rings is 9. The fourth-order valence-corrected chi connectivity index (χ4v) is 10.7. The number of nitrogens with zero attached hydrogens (tertiary/aromatic N) is 9. The van der Waals surface area contributed by atoms with E-state index in [4.69, 9.17) is 23.9 Å². The molecule has 0 aliphatic rings. The third-order valence-corrected chi connectivity index (χ3v) is 16.2. The van der Waals surface area contributed by atoms with Gasteiger partial charge < -0.3 is 34.3 Å². The van der Waals surface area contributed by atoms with Crippen LogP contribution in [0, 0.1) is 20.8 Å². The predicted octanol–water partition coefficient (Wildman–Crippen LogP) is 14.7. The summed E-state index contributed by atoms with van der Waals surface area (Å²) in [6.45, 7) is 12.2. The van der Waals surface area contributed by atoms with Gasteiger partial charge in [-0.2, -0.15) is 0 Å². The van der Waals surface area contributed by atoms with Crippen LogP contribution in [-0.4, -0.2) is 121 Å². The van der Waals surface area contributed by atoms with Crippen LogP contribution >= 0.6 is 0 Å². The summed E-state index contributed by atoms with van der Waals surface area (Å²) in [6.07, 6.45) is 1.07. The number of phenols is 3. The third-order valence-electron chi connectivity index (χ3n) is 15.6. The number of sulfonamides is 1. The van der Waals surface area contributed by atoms with Crippen molar-refractivity contribution in [2.45, 2.75) is 47.0 Å². The Hall–Kier alpha value is -12.6. The highest BCUT2D eigenvalue weighted by atomic mass is 32.2. The molecule has 0 fully saturated rings. The van der Waals surface area contributed by atoms with Gasteiger partial charge in [-0.1, -0.05) is 112 Å². The quantitative estimate of drug-likeness (QED) is 0.0547. The number of phenolic OH excluding ortho intramolecular Hbond substituents is 3. The molecule has 0 amide bonds. The number of nitrogens with one attached hydrogen (secondary N) is 1. The van der Waals surface area contributed by atoms with E-state index in [9.17, 15) is 38.1 Å². The van der Waals surface area contributed by atoms with Gasteiger partial charge in [-0.05, 0) is 158 Å². The minimum atomic E-state index is -3.41. The first-order valence-electron chi connectivity index (χ1n) is 31.3. The lowest BCUT2D eigenvalue weighted by molar-refractivity contribution is 0.0592. The Morgan fingerprint density at radius 1 is 0.366 bits per heavy atom. The summed E-state index contributed by atoms with van der Waals surface area (Å²) in [5.74, 6) is 3.00. The van der Waals surface area contributed by atoms with Gasteiger partial charge in [0.25, 0.3) is 0 Å². The van der Waals surface area contributed by atoms with E-state index in [0.717, 1.165) is 39.6 Å². The minimum Gasteiger partial charge on any atom is -0.507 e. The van der Waals surface area contributed by atoms with E-state index in [-0.39, 0.29) is 28.5 Å². The number of esters is 3. The lowest BCUT2D eigenvalue weighted by Crippen LogP contribution is -2.10. The highest BCUT2D eigenvalue weighted by Gasteiger charge is 2.21. The molecule has 22 nitrogen and oxygen atoms in total. The van der Waals surface area contributed by atoms with E-state index in [1.54, 1.807) is 141 Å². The van der Waals surface area contributed by atoms with Crippen molar-refractivity contribution < 1.29 is 57.1 Å². The summed E-state index contributed by atoms with van der Waals surface area (Å²) < 4.78 is 45.0. The van der Waals surface area contributed by atoms with Crippen LogP contribution in [0.5, 0.6) is 23.0 Å². The van der Waals surface area contributed by atoms with Crippen molar-refractivity contribution in [2.75, 3.05) is 39.4 Å². The van der Waals surface area contributed by atoms with Crippen molar-refractivity contribution in [1.82, 2.24) is 44.9 Å². The van der Waals surface area contributed by atoms with Gasteiger partial charge in [-0.25, -0.2) is 67.7 Å². The number of aromatic hydroxyl groups is 3. The molecular formula is C78H70N10O12S. The number of rotatable bonds is 15. The molecule has 3 aromatic heterocycles. The molecule has 4 N–H and O–H groups in total. The molecule has 12 rings (SSSR count). The zero-order valence-corrected chi connectivity index (χ0v) is 57.8. The standard InChI is InChI=1S/C28H27N3O3.C25H22N4O5S.C25H21N3O4/c1-17-6-15-22(23(32)16-17)26-30-24(18-7-9-20(10-8-18)27(33)34-5)29-25(31-26)19-11-13-21(14-12-19)28(2,3)4;1-15-4-13-20(21(30)14-15)24-27-22(16-5-7-18(8-6-16)25(31)34-2)26-23(28-24)17-9-11-19(12-10-17)29-35(3,32)33;1-15-7-12-20(21(29)13-15)24-27-22(16-8-10-17(11-9-16)25(30)32-3)26-23(28-24)18-5-4-6-19(14-18)31-2/h6-16,32H,1-5H3;4-14,29-30H,1-3H3;4-14,29H,1-3H3. The first-order valence-corrected chi connectivity index (χ1v) is 33.2. The van der Waals surface area contributed by atoms with Crippen molar-refractivity contribution in [1.29, 1.82) is 0 Å². The van der Waals surface area contributed by atoms with Crippen molar-refractivity contribution in [3.8, 4) is 125 Å². The van der Waals surface area contributed by atoms with Crippen LogP contribution in [-0.2, 0) is 29.6 Å². The highest BCUT2D eigenvalue weighted by molar-refractivity contribution is 7.92. The van der Waals surface area contributed by atoms with Crippen LogP contribution < -0.4 is 9.46 Å². The van der Waals surface area contributed by atoms with Crippen LogP contribution in [0.1, 0.15) is 74.1 Å². The molecular weight excluding hydrogens is 1300 g/mol. The second kappa shape index (κ2) is 30.8. The number of aromatic nitrogens is 9. The van der Waals surface area contributed by atoms with Gasteiger partial charge in [0.1, 0.15) is 23.0 Å². The van der Waals surface area contributed by atoms with Crippen LogP contribution in [0.15, 0.2) is 200 Å². The van der Waals surface area contributed by atoms with Gasteiger partial charge in [0.15, 0.2) is 52.4 Å². The Balaban J connectivity index is 0.000000164. The molecule has 0 saturated carbocycles. The average molecular weight is 1370 g/mol. The highest BCUT2D eigenvalue weighted by Crippen LogP contribution is 2.36. The second-order valence-electron chi connectivity index (χ2n) is 24.2. The maximum absolute atomic E-state index is 11.8. The Kier molecular flexibility index (Phi) is 21.7. The van der Waals surface area contributed by atoms with Crippen LogP contribution in [0.4, 0.5) is 5.69 Å². The number of carbonyl (C=O) groups excluding carboxylic acids is 3. The number of hydrogen-bond donors (Lipinski definition) is 4. The molecule has 9 aromatic carbocycles. The van der Waals surface area contributed by atoms with Gasteiger partial charge in [-0.15, -0.1) is 0 Å². The molecule has 0 bridgehead atoms. The average Bonchev–Trinajstić information content (AvgIpc) is 0.801. The maximum Gasteiger partial charge on any atom is 0.337 e. The normalized spacial score (nSPS) is 11.0. The first kappa shape index (κ1) is 71.2. The molecule has 12 aromatic rings. The molecule has 101 heavy (non-hydrogen) atoms. The molecule has 510 valence electrons. The number of methoxy groups -OCH3 is 4. The third kappa shape index (κ3) is 17.8. The summed E-state index contributed by atoms with van der Waals surface area (Å²) in [5.41, 5.74) is 11.3. The second-order valence-corrected chi connectivity index (χ2v) is 25.9. The summed E-state index contributed by atoms with van der Waals surface area (Å²) in [5, 5.41) is 31.6. The summed E-state index contributed by atoms with van der Waals surface area (Å²) in [6, 6.07) is 58.3. The molecule has 3 heterocycles. The van der Waals surface area contributed by atoms with Gasteiger partial charge in [-0.3, -0.25) is 4.72 Å². The molecule has 0 spiro atoms. The van der Waals surface area contributed by atoms with Crippen LogP contribution in [0.3, 0.4) is 0 Å². The van der Waals surface area contributed by atoms with E-state index in [2.05, 4.69) is 77.5 Å². The van der Waals surface area contributed by atoms with E-state index in [1.807, 2.05) is 75.4 Å². The number of ether oxygens (including phenoxy) is 4. The Labute approximate surface area is 583 Å². The van der Waals surface area contributed by atoms with Gasteiger partial charge >= 0.3 is 17.9 Å². The lowest BCUT2D eigenvalue weighted by atomic mass is 9.87. The molecule has 0 unspecified atom stereocenters. The number of aryl methyl sites for hydroxylation is 3. The van der Waals surface area contributed by atoms with E-state index in [0.29, 0.717) is 108 Å². The van der Waals surface area contributed by atoms with Crippen molar-refractivity contribution >= 4 is 33.6 Å². The van der Waals surface area contributed by atoms with Gasteiger partial charge in [0, 0.05) is 39.1 Å². The minimum absolute atomic E-state index is 0.0295. The summed E-state index contributed by atoms with van der Waals surface area (Å²) >= 11 is 0. The lowest BCUT2D eigenvalue weighted by Gasteiger charge is -2.19. The molecule has 0 aliphatic carbocycles. The molecule has 0 atom stereocenters. The fourth-order valence-electron chi connectivity index (χ4n) is 10.2. The molecule has 0 saturated heterocycles. The molecule has 0 radical (unpaired) electrons. The monoisotopic (exact) mass is 1370 g/mol. The zero-order valence-electron chi connectivity index (χ0n) is 57.0. The number of anilines is 1. The number of hydrogen-bond acceptors (Lipinski definition) is 21. The smallest absolute Gasteiger partial charge is 0.337 e. The predicted molar refractivity (Wildman–Crippen MR) is 385 cm³/mol. The van der Waals surface area contributed by atoms with Crippen LogP contribution in [0.25, 0.3) is 102 Å². The van der Waals surface area contributed by atoms with Crippen molar-refractivity contribution in [3.63, 3.8) is 0 Å². The summed E-state index contributed by atoms with van der Waals surface area (Å²) in [7, 11) is 2.18. The van der Waals surface area contributed by atoms with Crippen molar-refractivity contribution in [3.05, 3.63) is 239 Å². The Morgan fingerprint density at radius 3 is 0.931 bits per heavy atom. The van der Waals surface area contributed by atoms with Gasteiger partial charge in [0.05, 0.1) is 68.1 Å². The number of carbonyl (C=O) groups is 3. The zero-order chi connectivity index (χ0) is 72.3. The molecule has 23 heteroatoms. The van der Waals surface area contributed by atoms with E-state index in [1.165, 1.54) is 26.9 Å². The topological polar surface area (TPSA) is 311 Å². The fraction of sp³-hybridized carbons (Fsp3) is 0.154.